The number of nitrogens with zero attached hydrogens (tertiary/aromatic N) is 4. The second-order valence-electron chi connectivity index (χ2n) is 6.83. The van der Waals surface area contributed by atoms with E-state index < -0.39 is 23.3 Å². The highest BCUT2D eigenvalue weighted by Crippen LogP contribution is 2.41. The van der Waals surface area contributed by atoms with Crippen molar-refractivity contribution in [2.45, 2.75) is 36.0 Å². The SMILES string of the molecule is Cc1nnc(SCC2=C(C(=O)O)N3C(=O)C(NC(=O)Cc4sc(N)nc4C)[C@H]3SC2)s1. The van der Waals surface area contributed by atoms with E-state index in [9.17, 15) is 19.5 Å². The first-order valence-electron chi connectivity index (χ1n) is 9.08. The molecule has 2 aliphatic heterocycles. The zero-order valence-electron chi connectivity index (χ0n) is 16.4. The van der Waals surface area contributed by atoms with E-state index in [2.05, 4.69) is 20.5 Å². The summed E-state index contributed by atoms with van der Waals surface area (Å²) in [5.41, 5.74) is 7.01. The Morgan fingerprint density at radius 2 is 2.10 bits per heavy atom. The number of carboxylic acids is 1. The van der Waals surface area contributed by atoms with E-state index in [0.717, 1.165) is 14.2 Å². The van der Waals surface area contributed by atoms with Gasteiger partial charge in [-0.05, 0) is 19.4 Å². The number of hydrogen-bond donors (Lipinski definition) is 3. The molecule has 0 saturated carbocycles. The molecule has 31 heavy (non-hydrogen) atoms. The second kappa shape index (κ2) is 8.76. The topological polar surface area (TPSA) is 151 Å². The first-order chi connectivity index (χ1) is 14.7. The van der Waals surface area contributed by atoms with E-state index in [1.54, 1.807) is 6.92 Å². The number of aromatic nitrogens is 3. The van der Waals surface area contributed by atoms with Crippen molar-refractivity contribution in [1.82, 2.24) is 25.4 Å². The maximum Gasteiger partial charge on any atom is 0.352 e. The molecule has 2 aliphatic rings. The summed E-state index contributed by atoms with van der Waals surface area (Å²) in [6, 6.07) is -0.752. The molecule has 10 nitrogen and oxygen atoms in total. The number of amides is 2. The third kappa shape index (κ3) is 4.42. The smallest absolute Gasteiger partial charge is 0.352 e. The fraction of sp³-hybridized carbons (Fsp3) is 0.412. The minimum absolute atomic E-state index is 0.000869. The molecule has 1 fully saturated rings. The molecule has 1 unspecified atom stereocenters. The number of anilines is 1. The van der Waals surface area contributed by atoms with Gasteiger partial charge in [0.1, 0.15) is 22.1 Å². The van der Waals surface area contributed by atoms with Crippen LogP contribution in [0.2, 0.25) is 0 Å². The highest BCUT2D eigenvalue weighted by atomic mass is 32.2. The molecule has 0 aliphatic carbocycles. The van der Waals surface area contributed by atoms with Gasteiger partial charge in [-0.2, -0.15) is 0 Å². The highest BCUT2D eigenvalue weighted by Gasteiger charge is 2.54. The summed E-state index contributed by atoms with van der Waals surface area (Å²) in [5, 5.41) is 21.3. The molecule has 2 amide bonds. The summed E-state index contributed by atoms with van der Waals surface area (Å²) < 4.78 is 0.751. The van der Waals surface area contributed by atoms with Crippen molar-refractivity contribution in [2.75, 3.05) is 17.2 Å². The van der Waals surface area contributed by atoms with E-state index >= 15 is 0 Å². The summed E-state index contributed by atoms with van der Waals surface area (Å²) in [6.07, 6.45) is 0.0760. The van der Waals surface area contributed by atoms with Gasteiger partial charge in [0.15, 0.2) is 9.47 Å². The first kappa shape index (κ1) is 22.0. The Hall–Kier alpha value is -2.16. The zero-order valence-corrected chi connectivity index (χ0v) is 19.7. The van der Waals surface area contributed by atoms with Crippen LogP contribution in [0.5, 0.6) is 0 Å². The van der Waals surface area contributed by atoms with Gasteiger partial charge < -0.3 is 16.2 Å². The van der Waals surface area contributed by atoms with Crippen LogP contribution in [0.3, 0.4) is 0 Å². The second-order valence-corrected chi connectivity index (χ2v) is 11.4. The molecule has 0 spiro atoms. The molecule has 4 heterocycles. The maximum absolute atomic E-state index is 12.7. The third-order valence-corrected chi connectivity index (χ3v) is 9.06. The number of nitrogen functional groups attached to an aromatic ring is 1. The van der Waals surface area contributed by atoms with Crippen molar-refractivity contribution in [3.8, 4) is 0 Å². The lowest BCUT2D eigenvalue weighted by Gasteiger charge is -2.49. The van der Waals surface area contributed by atoms with Gasteiger partial charge in [0.2, 0.25) is 5.91 Å². The van der Waals surface area contributed by atoms with Crippen LogP contribution in [0.1, 0.15) is 15.6 Å². The number of carboxylic acid groups (broad SMARTS) is 1. The van der Waals surface area contributed by atoms with Gasteiger partial charge in [-0.25, -0.2) is 9.78 Å². The van der Waals surface area contributed by atoms with Crippen LogP contribution < -0.4 is 11.1 Å². The van der Waals surface area contributed by atoms with Crippen LogP contribution in [0.15, 0.2) is 15.6 Å². The summed E-state index contributed by atoms with van der Waals surface area (Å²) in [5.74, 6) is -1.03. The highest BCUT2D eigenvalue weighted by molar-refractivity contribution is 8.01. The van der Waals surface area contributed by atoms with E-state index in [1.807, 2.05) is 6.92 Å². The number of nitrogens with two attached hydrogens (primary N) is 1. The van der Waals surface area contributed by atoms with Crippen molar-refractivity contribution in [3.05, 3.63) is 26.8 Å². The Morgan fingerprint density at radius 3 is 2.71 bits per heavy atom. The van der Waals surface area contributed by atoms with Crippen molar-refractivity contribution in [3.63, 3.8) is 0 Å². The number of carbonyl (C=O) groups is 3. The van der Waals surface area contributed by atoms with Crippen LogP contribution in [0.25, 0.3) is 0 Å². The maximum atomic E-state index is 12.7. The number of aliphatic carboxylic acids is 1. The van der Waals surface area contributed by atoms with Crippen molar-refractivity contribution in [2.24, 2.45) is 0 Å². The van der Waals surface area contributed by atoms with Crippen molar-refractivity contribution < 1.29 is 19.5 Å². The van der Waals surface area contributed by atoms with Crippen LogP contribution in [-0.4, -0.2) is 65.9 Å². The molecular formula is C17H18N6O4S4. The molecule has 14 heteroatoms. The van der Waals surface area contributed by atoms with Crippen LogP contribution >= 0.6 is 46.2 Å². The zero-order chi connectivity index (χ0) is 22.3. The van der Waals surface area contributed by atoms with Gasteiger partial charge in [0, 0.05) is 16.4 Å². The van der Waals surface area contributed by atoms with Crippen LogP contribution in [0.4, 0.5) is 5.13 Å². The predicted molar refractivity (Wildman–Crippen MR) is 120 cm³/mol. The Morgan fingerprint density at radius 1 is 1.32 bits per heavy atom. The molecule has 4 rings (SSSR count). The van der Waals surface area contributed by atoms with Gasteiger partial charge in [-0.3, -0.25) is 14.5 Å². The summed E-state index contributed by atoms with van der Waals surface area (Å²) in [7, 11) is 0. The number of β-lactam (4-membered cyclic amide) rings is 1. The van der Waals surface area contributed by atoms with Crippen LogP contribution in [-0.2, 0) is 20.8 Å². The number of carbonyl (C=O) groups excluding carboxylic acids is 2. The molecule has 4 N–H and O–H groups in total. The molecule has 2 aromatic rings. The van der Waals surface area contributed by atoms with Gasteiger partial charge in [0.25, 0.3) is 5.91 Å². The Balaban J connectivity index is 1.43. The number of thiazole rings is 1. The number of rotatable bonds is 7. The minimum Gasteiger partial charge on any atom is -0.477 e. The number of fused-ring (bicyclic) bond motifs is 1. The normalized spacial score (nSPS) is 20.5. The lowest BCUT2D eigenvalue weighted by molar-refractivity contribution is -0.150. The molecule has 0 aromatic carbocycles. The average molecular weight is 499 g/mol. The Kier molecular flexibility index (Phi) is 6.23. The number of hydrogen-bond acceptors (Lipinski definition) is 11. The predicted octanol–water partition coefficient (Wildman–Crippen LogP) is 1.27. The van der Waals surface area contributed by atoms with E-state index in [0.29, 0.717) is 27.9 Å². The van der Waals surface area contributed by atoms with Gasteiger partial charge >= 0.3 is 5.97 Å². The molecule has 0 radical (unpaired) electrons. The Labute approximate surface area is 193 Å². The third-order valence-electron chi connectivity index (χ3n) is 4.67. The largest absolute Gasteiger partial charge is 0.477 e. The number of thioether (sulfide) groups is 2. The molecule has 164 valence electrons. The standard InChI is InChI=1S/C17H18N6O4S4/c1-6-9(31-16(18)19-6)3-10(24)20-11-13(25)23-12(15(26)27)8(4-28-14(11)23)5-29-17-22-21-7(2)30-17/h11,14H,3-5H2,1-2H3,(H2,18,19)(H,20,24)(H,26,27)/t11?,14-/m1/s1. The number of nitrogens with one attached hydrogen (secondary N) is 1. The van der Waals surface area contributed by atoms with Gasteiger partial charge in [-0.15, -0.1) is 33.3 Å². The molecular weight excluding hydrogens is 480 g/mol. The first-order valence-corrected chi connectivity index (χ1v) is 12.8. The summed E-state index contributed by atoms with van der Waals surface area (Å²) in [6.45, 7) is 3.62. The monoisotopic (exact) mass is 498 g/mol. The summed E-state index contributed by atoms with van der Waals surface area (Å²) >= 11 is 5.52. The molecule has 2 atom stereocenters. The summed E-state index contributed by atoms with van der Waals surface area (Å²) in [4.78, 5) is 43.2. The minimum atomic E-state index is -1.15. The molecule has 1 saturated heterocycles. The van der Waals surface area contributed by atoms with Crippen LogP contribution in [0, 0.1) is 13.8 Å². The molecule has 2 aromatic heterocycles. The van der Waals surface area contributed by atoms with E-state index in [-0.39, 0.29) is 18.0 Å². The molecule has 0 bridgehead atoms. The fourth-order valence-electron chi connectivity index (χ4n) is 3.26. The number of aryl methyl sites for hydroxylation is 2. The van der Waals surface area contributed by atoms with Gasteiger partial charge in [0.05, 0.1) is 12.1 Å². The lowest BCUT2D eigenvalue weighted by atomic mass is 10.0. The lowest BCUT2D eigenvalue weighted by Crippen LogP contribution is -2.70. The van der Waals surface area contributed by atoms with E-state index in [1.165, 1.54) is 51.1 Å². The average Bonchev–Trinajstić information content (AvgIpc) is 3.27. The quantitative estimate of drug-likeness (QED) is 0.376. The van der Waals surface area contributed by atoms with Crippen molar-refractivity contribution >= 4 is 69.1 Å². The Bertz CT molecular complexity index is 1100. The fourth-order valence-corrected chi connectivity index (χ4v) is 7.40. The van der Waals surface area contributed by atoms with Gasteiger partial charge in [-0.1, -0.05) is 23.1 Å². The van der Waals surface area contributed by atoms with E-state index in [4.69, 9.17) is 5.73 Å². The van der Waals surface area contributed by atoms with Crippen molar-refractivity contribution in [1.29, 1.82) is 0 Å².